The van der Waals surface area contributed by atoms with Crippen LogP contribution in [-0.2, 0) is 13.2 Å². The number of nitriles is 1. The minimum absolute atomic E-state index is 0.133. The molecule has 1 aliphatic rings. The molecule has 0 amide bonds. The molecule has 2 aromatic heterocycles. The Bertz CT molecular complexity index is 1180. The van der Waals surface area contributed by atoms with Gasteiger partial charge in [-0.15, -0.1) is 0 Å². The van der Waals surface area contributed by atoms with Crippen LogP contribution in [-0.4, -0.2) is 39.2 Å². The summed E-state index contributed by atoms with van der Waals surface area (Å²) in [5, 5.41) is 12.6. The Morgan fingerprint density at radius 3 is 2.66 bits per heavy atom. The van der Waals surface area contributed by atoms with Crippen LogP contribution in [0.5, 0.6) is 5.75 Å². The Morgan fingerprint density at radius 2 is 1.97 bits per heavy atom. The normalized spacial score (nSPS) is 15.1. The average Bonchev–Trinajstić information content (AvgIpc) is 3.07. The lowest BCUT2D eigenvalue weighted by atomic mass is 9.95. The molecule has 4 rings (SSSR count). The lowest BCUT2D eigenvalue weighted by molar-refractivity contribution is -0.138. The first-order chi connectivity index (χ1) is 15.3. The van der Waals surface area contributed by atoms with Gasteiger partial charge < -0.3 is 14.6 Å². The number of alkyl halides is 3. The monoisotopic (exact) mass is 444 g/mol. The quantitative estimate of drug-likeness (QED) is 0.640. The van der Waals surface area contributed by atoms with Gasteiger partial charge in [-0.05, 0) is 63.4 Å². The molecule has 1 saturated heterocycles. The van der Waals surface area contributed by atoms with Crippen molar-refractivity contribution in [2.75, 3.05) is 19.7 Å². The van der Waals surface area contributed by atoms with Crippen molar-refractivity contribution in [2.24, 2.45) is 13.0 Å². The van der Waals surface area contributed by atoms with Gasteiger partial charge in [0.25, 0.3) is 0 Å². The number of halogens is 3. The van der Waals surface area contributed by atoms with Gasteiger partial charge in [0.1, 0.15) is 28.9 Å². The second-order valence-electron chi connectivity index (χ2n) is 7.94. The zero-order chi connectivity index (χ0) is 22.9. The minimum atomic E-state index is -4.61. The van der Waals surface area contributed by atoms with Gasteiger partial charge in [0, 0.05) is 12.6 Å². The fourth-order valence-electron chi connectivity index (χ4n) is 3.95. The Balaban J connectivity index is 1.69. The Labute approximate surface area is 183 Å². The van der Waals surface area contributed by atoms with E-state index in [0.29, 0.717) is 29.3 Å². The van der Waals surface area contributed by atoms with Gasteiger partial charge in [-0.1, -0.05) is 0 Å². The number of ether oxygens (including phenoxy) is 1. The number of nitrogens with one attached hydrogen (secondary N) is 1. The van der Waals surface area contributed by atoms with Crippen molar-refractivity contribution in [1.29, 1.82) is 5.26 Å². The summed E-state index contributed by atoms with van der Waals surface area (Å²) < 4.78 is 48.8. The fourth-order valence-corrected chi connectivity index (χ4v) is 3.95. The smallest absolute Gasteiger partial charge is 0.419 e. The van der Waals surface area contributed by atoms with Crippen LogP contribution in [0, 0.1) is 24.2 Å². The molecule has 0 aliphatic carbocycles. The Kier molecular flexibility index (Phi) is 6.02. The highest BCUT2D eigenvalue weighted by molar-refractivity contribution is 5.88. The first-order valence-corrected chi connectivity index (χ1v) is 10.4. The number of benzene rings is 1. The molecule has 168 valence electrons. The molecule has 1 aromatic carbocycles. The zero-order valence-electron chi connectivity index (χ0n) is 17.8. The van der Waals surface area contributed by atoms with Crippen molar-refractivity contribution in [2.45, 2.75) is 32.4 Å². The summed E-state index contributed by atoms with van der Waals surface area (Å²) >= 11 is 0. The number of fused-ring (bicyclic) bond motifs is 1. The van der Waals surface area contributed by atoms with Crippen molar-refractivity contribution < 1.29 is 17.9 Å². The number of hydrogen-bond donors (Lipinski definition) is 1. The molecule has 0 saturated carbocycles. The highest BCUT2D eigenvalue weighted by Crippen LogP contribution is 2.39. The topological polar surface area (TPSA) is 88.7 Å². The highest BCUT2D eigenvalue weighted by atomic mass is 19.4. The van der Waals surface area contributed by atoms with Gasteiger partial charge in [-0.2, -0.15) is 23.4 Å². The molecule has 0 atom stereocenters. The Hall–Kier alpha value is -3.19. The number of nitrogens with zero attached hydrogens (tertiary/aromatic N) is 5. The van der Waals surface area contributed by atoms with E-state index >= 15 is 0 Å². The van der Waals surface area contributed by atoms with Crippen molar-refractivity contribution >= 4 is 11.2 Å². The van der Waals surface area contributed by atoms with Gasteiger partial charge in [-0.25, -0.2) is 9.97 Å². The van der Waals surface area contributed by atoms with Crippen LogP contribution >= 0.6 is 0 Å². The summed E-state index contributed by atoms with van der Waals surface area (Å²) in [6.45, 7) is 3.83. The van der Waals surface area contributed by atoms with E-state index in [-0.39, 0.29) is 29.4 Å². The van der Waals surface area contributed by atoms with E-state index in [2.05, 4.69) is 20.3 Å². The SMILES string of the molecule is Cc1nc2c(-c3ccc(OCCC4CCNCC4)c(C(F)(F)F)c3)nc(C#N)nc2n1C. The van der Waals surface area contributed by atoms with Gasteiger partial charge in [-0.3, -0.25) is 0 Å². The molecule has 0 spiro atoms. The molecule has 0 unspecified atom stereocenters. The van der Waals surface area contributed by atoms with Crippen molar-refractivity contribution in [3.63, 3.8) is 0 Å². The van der Waals surface area contributed by atoms with E-state index in [4.69, 9.17) is 4.74 Å². The van der Waals surface area contributed by atoms with Crippen LogP contribution in [0.3, 0.4) is 0 Å². The molecule has 1 aliphatic heterocycles. The highest BCUT2D eigenvalue weighted by Gasteiger charge is 2.35. The summed E-state index contributed by atoms with van der Waals surface area (Å²) in [6.07, 6.45) is -1.89. The second kappa shape index (κ2) is 8.74. The van der Waals surface area contributed by atoms with E-state index in [1.165, 1.54) is 12.1 Å². The molecule has 7 nitrogen and oxygen atoms in total. The lowest BCUT2D eigenvalue weighted by Crippen LogP contribution is -2.28. The number of piperidine rings is 1. The molecular formula is C22H23F3N6O. The largest absolute Gasteiger partial charge is 0.493 e. The summed E-state index contributed by atoms with van der Waals surface area (Å²) in [6, 6.07) is 5.70. The van der Waals surface area contributed by atoms with E-state index in [0.717, 1.165) is 32.0 Å². The maximum Gasteiger partial charge on any atom is 0.419 e. The maximum atomic E-state index is 13.9. The molecular weight excluding hydrogens is 421 g/mol. The van der Waals surface area contributed by atoms with Crippen LogP contribution in [0.25, 0.3) is 22.4 Å². The third kappa shape index (κ3) is 4.39. The molecule has 0 radical (unpaired) electrons. The standard InChI is InChI=1S/C22H23F3N6O/c1-13-28-20-19(29-18(12-26)30-21(20)31(13)2)15-3-4-17(16(11-15)22(23,24)25)32-10-7-14-5-8-27-9-6-14/h3-4,11,14,27H,5-10H2,1-2H3. The minimum Gasteiger partial charge on any atom is -0.493 e. The number of hydrogen-bond acceptors (Lipinski definition) is 6. The first-order valence-electron chi connectivity index (χ1n) is 10.4. The third-order valence-corrected chi connectivity index (χ3v) is 5.84. The lowest BCUT2D eigenvalue weighted by Gasteiger charge is -2.23. The van der Waals surface area contributed by atoms with E-state index in [1.54, 1.807) is 18.5 Å². The fraction of sp³-hybridized carbons (Fsp3) is 0.455. The van der Waals surface area contributed by atoms with Crippen LogP contribution in [0.15, 0.2) is 18.2 Å². The molecule has 32 heavy (non-hydrogen) atoms. The predicted octanol–water partition coefficient (Wildman–Crippen LogP) is 4.00. The summed E-state index contributed by atoms with van der Waals surface area (Å²) in [4.78, 5) is 12.7. The van der Waals surface area contributed by atoms with Crippen LogP contribution < -0.4 is 10.1 Å². The van der Waals surface area contributed by atoms with Crippen molar-refractivity contribution in [1.82, 2.24) is 24.8 Å². The van der Waals surface area contributed by atoms with Crippen molar-refractivity contribution in [3.8, 4) is 23.1 Å². The average molecular weight is 444 g/mol. The molecule has 1 N–H and O–H groups in total. The van der Waals surface area contributed by atoms with Crippen LogP contribution in [0.1, 0.15) is 36.5 Å². The summed E-state index contributed by atoms with van der Waals surface area (Å²) in [7, 11) is 1.73. The van der Waals surface area contributed by atoms with Gasteiger partial charge >= 0.3 is 6.18 Å². The van der Waals surface area contributed by atoms with Gasteiger partial charge in [0.05, 0.1) is 12.2 Å². The summed E-state index contributed by atoms with van der Waals surface area (Å²) in [5.74, 6) is 0.722. The third-order valence-electron chi connectivity index (χ3n) is 5.84. The predicted molar refractivity (Wildman–Crippen MR) is 112 cm³/mol. The van der Waals surface area contributed by atoms with E-state index < -0.39 is 11.7 Å². The number of imidazole rings is 1. The van der Waals surface area contributed by atoms with Crippen LogP contribution in [0.2, 0.25) is 0 Å². The van der Waals surface area contributed by atoms with E-state index in [9.17, 15) is 18.4 Å². The Morgan fingerprint density at radius 1 is 1.22 bits per heavy atom. The second-order valence-corrected chi connectivity index (χ2v) is 7.94. The number of aryl methyl sites for hydroxylation is 2. The van der Waals surface area contributed by atoms with E-state index in [1.807, 2.05) is 6.07 Å². The maximum absolute atomic E-state index is 13.9. The molecule has 3 heterocycles. The first kappa shape index (κ1) is 22.0. The molecule has 10 heteroatoms. The molecule has 3 aromatic rings. The van der Waals surface area contributed by atoms with Gasteiger partial charge in [0.15, 0.2) is 5.65 Å². The van der Waals surface area contributed by atoms with Crippen LogP contribution in [0.4, 0.5) is 13.2 Å². The van der Waals surface area contributed by atoms with Crippen molar-refractivity contribution in [3.05, 3.63) is 35.4 Å². The summed E-state index contributed by atoms with van der Waals surface area (Å²) in [5.41, 5.74) is 0.238. The zero-order valence-corrected chi connectivity index (χ0v) is 17.8. The molecule has 0 bridgehead atoms. The molecule has 1 fully saturated rings. The van der Waals surface area contributed by atoms with Gasteiger partial charge in [0.2, 0.25) is 5.82 Å². The number of aromatic nitrogens is 4. The number of rotatable bonds is 5.